The minimum Gasteiger partial charge on any atom is -0.468 e. The molecule has 0 aromatic rings. The van der Waals surface area contributed by atoms with E-state index in [0.29, 0.717) is 0 Å². The van der Waals surface area contributed by atoms with Crippen molar-refractivity contribution in [2.45, 2.75) is 12.8 Å². The van der Waals surface area contributed by atoms with Gasteiger partial charge in [0.1, 0.15) is 0 Å². The van der Waals surface area contributed by atoms with E-state index in [1.54, 1.807) is 0 Å². The van der Waals surface area contributed by atoms with Crippen molar-refractivity contribution in [2.75, 3.05) is 13.1 Å². The van der Waals surface area contributed by atoms with Gasteiger partial charge in [-0.1, -0.05) is 0 Å². The molecule has 0 radical (unpaired) electrons. The maximum Gasteiger partial charge on any atom is 0.220 e. The zero-order valence-corrected chi connectivity index (χ0v) is 6.10. The van der Waals surface area contributed by atoms with Gasteiger partial charge in [-0.2, -0.15) is 7.05 Å². The number of quaternary nitrogens is 1. The molecule has 10 heavy (non-hydrogen) atoms. The van der Waals surface area contributed by atoms with E-state index in [0.717, 1.165) is 25.9 Å². The fraction of sp³-hybridized carbons (Fsp3) is 0.714. The smallest absolute Gasteiger partial charge is 0.220 e. The molecular formula is C7H14N2O. The summed E-state index contributed by atoms with van der Waals surface area (Å²) in [6.07, 6.45) is 1.82. The molecule has 58 valence electrons. The van der Waals surface area contributed by atoms with E-state index in [1.807, 2.05) is 0 Å². The highest BCUT2D eigenvalue weighted by Gasteiger charge is 2.21. The van der Waals surface area contributed by atoms with Crippen molar-refractivity contribution in [3.05, 3.63) is 7.05 Å². The van der Waals surface area contributed by atoms with Crippen molar-refractivity contribution in [3.8, 4) is 0 Å². The summed E-state index contributed by atoms with van der Waals surface area (Å²) in [4.78, 5) is 11.9. The van der Waals surface area contributed by atoms with Crippen LogP contribution in [0.3, 0.4) is 0 Å². The first kappa shape index (κ1) is 7.54. The number of carbonyl (C=O) groups is 1. The van der Waals surface area contributed by atoms with Crippen molar-refractivity contribution >= 4 is 5.91 Å². The first-order chi connectivity index (χ1) is 4.70. The summed E-state index contributed by atoms with van der Waals surface area (Å²) in [6.45, 7) is 1.96. The van der Waals surface area contributed by atoms with E-state index in [9.17, 15) is 4.79 Å². The molecule has 3 heteroatoms. The van der Waals surface area contributed by atoms with Gasteiger partial charge in [-0.05, 0) is 0 Å². The van der Waals surface area contributed by atoms with Crippen molar-refractivity contribution in [1.29, 1.82) is 0 Å². The number of rotatable bonds is 1. The summed E-state index contributed by atoms with van der Waals surface area (Å²) >= 11 is 0. The number of nitrogens with two attached hydrogens (primary N) is 1. The molecule has 1 aliphatic heterocycles. The number of nitrogens with one attached hydrogen (secondary N) is 1. The van der Waals surface area contributed by atoms with Gasteiger partial charge in [-0.25, -0.2) is 0 Å². The van der Waals surface area contributed by atoms with Gasteiger partial charge in [0.15, 0.2) is 0 Å². The van der Waals surface area contributed by atoms with Crippen LogP contribution in [0.4, 0.5) is 0 Å². The van der Waals surface area contributed by atoms with Crippen LogP contribution >= 0.6 is 0 Å². The van der Waals surface area contributed by atoms with Gasteiger partial charge in [0, 0.05) is 18.8 Å². The van der Waals surface area contributed by atoms with Crippen LogP contribution in [0.15, 0.2) is 0 Å². The fourth-order valence-corrected chi connectivity index (χ4v) is 1.31. The van der Waals surface area contributed by atoms with E-state index < -0.39 is 0 Å². The molecule has 0 bridgehead atoms. The Morgan fingerprint density at radius 2 is 2.00 bits per heavy atom. The number of likely N-dealkylation sites (tertiary alicyclic amines) is 1. The van der Waals surface area contributed by atoms with Gasteiger partial charge in [0.25, 0.3) is 0 Å². The van der Waals surface area contributed by atoms with Gasteiger partial charge >= 0.3 is 0 Å². The Morgan fingerprint density at radius 3 is 2.40 bits per heavy atom. The molecule has 1 amide bonds. The molecular weight excluding hydrogens is 128 g/mol. The Labute approximate surface area is 61.2 Å². The van der Waals surface area contributed by atoms with Crippen LogP contribution in [0, 0.1) is 13.0 Å². The number of primary amides is 1. The minimum atomic E-state index is -0.146. The lowest BCUT2D eigenvalue weighted by Gasteiger charge is -2.29. The highest BCUT2D eigenvalue weighted by atomic mass is 16.1. The normalized spacial score (nSPS) is 33.7. The summed E-state index contributed by atoms with van der Waals surface area (Å²) in [5.74, 6) is -0.0296. The molecule has 0 spiro atoms. The van der Waals surface area contributed by atoms with Gasteiger partial charge in [0.05, 0.1) is 13.1 Å². The van der Waals surface area contributed by atoms with Gasteiger partial charge < -0.3 is 10.6 Å². The molecule has 1 aliphatic rings. The molecule has 3 nitrogen and oxygen atoms in total. The van der Waals surface area contributed by atoms with E-state index in [1.165, 1.54) is 4.90 Å². The molecule has 0 aromatic heterocycles. The molecule has 0 atom stereocenters. The molecule has 3 N–H and O–H groups in total. The van der Waals surface area contributed by atoms with E-state index in [4.69, 9.17) is 5.73 Å². The van der Waals surface area contributed by atoms with Crippen LogP contribution in [0.5, 0.6) is 0 Å². The monoisotopic (exact) mass is 142 g/mol. The maximum atomic E-state index is 10.7. The van der Waals surface area contributed by atoms with Crippen LogP contribution < -0.4 is 10.6 Å². The summed E-state index contributed by atoms with van der Waals surface area (Å²) < 4.78 is 0. The van der Waals surface area contributed by atoms with Crippen LogP contribution in [-0.2, 0) is 4.79 Å². The van der Waals surface area contributed by atoms with E-state index in [-0.39, 0.29) is 11.8 Å². The lowest BCUT2D eigenvalue weighted by atomic mass is 9.97. The van der Waals surface area contributed by atoms with Crippen molar-refractivity contribution in [1.82, 2.24) is 0 Å². The average Bonchev–Trinajstić information content (AvgIpc) is 1.88. The zero-order chi connectivity index (χ0) is 7.56. The fourth-order valence-electron chi connectivity index (χ4n) is 1.31. The van der Waals surface area contributed by atoms with Crippen LogP contribution in [0.2, 0.25) is 0 Å². The molecule has 0 aromatic carbocycles. The third kappa shape index (κ3) is 1.70. The summed E-state index contributed by atoms with van der Waals surface area (Å²) in [6, 6.07) is 0. The third-order valence-electron chi connectivity index (χ3n) is 2.10. The van der Waals surface area contributed by atoms with Crippen LogP contribution in [-0.4, -0.2) is 19.0 Å². The van der Waals surface area contributed by atoms with Gasteiger partial charge in [0.2, 0.25) is 5.91 Å². The molecule has 1 saturated heterocycles. The number of carbonyl (C=O) groups excluding carboxylic acids is 1. The average molecular weight is 142 g/mol. The van der Waals surface area contributed by atoms with Crippen molar-refractivity contribution in [3.63, 3.8) is 0 Å². The molecule has 1 fully saturated rings. The number of hydrogen-bond donors (Lipinski definition) is 2. The quantitative estimate of drug-likeness (QED) is 0.433. The highest BCUT2D eigenvalue weighted by Crippen LogP contribution is 2.07. The number of hydrogen-bond acceptors (Lipinski definition) is 1. The van der Waals surface area contributed by atoms with Crippen molar-refractivity contribution in [2.24, 2.45) is 11.7 Å². The highest BCUT2D eigenvalue weighted by molar-refractivity contribution is 5.76. The Bertz CT molecular complexity index is 128. The van der Waals surface area contributed by atoms with E-state index >= 15 is 0 Å². The zero-order valence-electron chi connectivity index (χ0n) is 6.10. The summed E-state index contributed by atoms with van der Waals surface area (Å²) in [5, 5.41) is 0. The first-order valence-electron chi connectivity index (χ1n) is 3.66. The number of piperidine rings is 1. The lowest BCUT2D eigenvalue weighted by molar-refractivity contribution is -0.860. The standard InChI is InChI=1S/C7H14N2O/c1-9-4-2-6(3-5-9)7(8)10/h6,9H,1-5H2,(H2,8,10). The van der Waals surface area contributed by atoms with Crippen LogP contribution in [0.1, 0.15) is 12.8 Å². The Kier molecular flexibility index (Phi) is 2.27. The van der Waals surface area contributed by atoms with E-state index in [2.05, 4.69) is 7.05 Å². The second-order valence-electron chi connectivity index (χ2n) is 2.93. The first-order valence-corrected chi connectivity index (χ1v) is 3.66. The minimum absolute atomic E-state index is 0.116. The van der Waals surface area contributed by atoms with Crippen LogP contribution in [0.25, 0.3) is 0 Å². The maximum absolute atomic E-state index is 10.7. The summed E-state index contributed by atoms with van der Waals surface area (Å²) in [5.41, 5.74) is 5.14. The molecule has 1 rings (SSSR count). The topological polar surface area (TPSA) is 47.5 Å². The second-order valence-corrected chi connectivity index (χ2v) is 2.93. The Hall–Kier alpha value is -0.570. The largest absolute Gasteiger partial charge is 0.468 e. The molecule has 0 unspecified atom stereocenters. The lowest BCUT2D eigenvalue weighted by Crippen LogP contribution is -3.08. The van der Waals surface area contributed by atoms with Gasteiger partial charge in [-0.15, -0.1) is 0 Å². The second kappa shape index (κ2) is 3.01. The predicted molar refractivity (Wildman–Crippen MR) is 38.0 cm³/mol. The van der Waals surface area contributed by atoms with Crippen molar-refractivity contribution < 1.29 is 9.69 Å². The third-order valence-corrected chi connectivity index (χ3v) is 2.10. The molecule has 0 saturated carbocycles. The van der Waals surface area contributed by atoms with Gasteiger partial charge in [-0.3, -0.25) is 4.79 Å². The molecule has 1 heterocycles. The Morgan fingerprint density at radius 1 is 1.50 bits per heavy atom. The predicted octanol–water partition coefficient (Wildman–Crippen LogP) is -1.44. The summed E-state index contributed by atoms with van der Waals surface area (Å²) in [7, 11) is 3.86. The Balaban J connectivity index is 2.33. The number of amides is 1. The SMILES string of the molecule is [CH2-][NH+]1CCC(C(N)=O)CC1. The molecule has 0 aliphatic carbocycles.